The van der Waals surface area contributed by atoms with Gasteiger partial charge < -0.3 is 45.5 Å². The van der Waals surface area contributed by atoms with Crippen molar-refractivity contribution in [1.29, 1.82) is 0 Å². The number of oxime groups is 1. The molecule has 1 fully saturated rings. The number of aromatic nitrogens is 3. The fourth-order valence-electron chi connectivity index (χ4n) is 4.94. The lowest BCUT2D eigenvalue weighted by molar-refractivity contribution is -0.663. The standard InChI is InChI=1S/C27H27ClN8O9S2/c1-12(24(39)40)45-33-17(16-20(28)47-26(29)32-16)21(37)31-18-22(38)36-19(25(41)42)13(11-46-23(18)36)10-35-7-3-4-14-15(35)5-8-34(14)9-6-30-27(43)44-2/h3-5,7-8,12,18,23H,6,9-11H2,1-2H3,(H5-,29,30,31,32,37,39,40,41,42,43)/b33-17-/t12-,18+,23+/m0/s1. The summed E-state index contributed by atoms with van der Waals surface area (Å²) in [4.78, 5) is 71.6. The Hall–Kier alpha value is -4.88. The largest absolute Gasteiger partial charge is 0.543 e. The van der Waals surface area contributed by atoms with Gasteiger partial charge in [-0.25, -0.2) is 14.6 Å². The Morgan fingerprint density at radius 3 is 2.77 bits per heavy atom. The number of thioether (sulfide) groups is 1. The molecule has 0 unspecified atom stereocenters. The summed E-state index contributed by atoms with van der Waals surface area (Å²) >= 11 is 8.25. The lowest BCUT2D eigenvalue weighted by Crippen LogP contribution is -2.71. The van der Waals surface area contributed by atoms with E-state index in [9.17, 15) is 29.1 Å². The summed E-state index contributed by atoms with van der Waals surface area (Å²) in [6.07, 6.45) is 1.64. The van der Waals surface area contributed by atoms with Crippen LogP contribution in [0.5, 0.6) is 0 Å². The van der Waals surface area contributed by atoms with Gasteiger partial charge in [0, 0.05) is 42.7 Å². The first-order valence-corrected chi connectivity index (χ1v) is 16.0. The van der Waals surface area contributed by atoms with E-state index in [1.54, 1.807) is 12.3 Å². The van der Waals surface area contributed by atoms with Crippen LogP contribution in [-0.4, -0.2) is 92.0 Å². The van der Waals surface area contributed by atoms with Crippen molar-refractivity contribution in [2.45, 2.75) is 37.5 Å². The zero-order valence-electron chi connectivity index (χ0n) is 24.7. The molecule has 0 aliphatic carbocycles. The van der Waals surface area contributed by atoms with Crippen molar-refractivity contribution in [1.82, 2.24) is 25.1 Å². The number of nitrogens with two attached hydrogens (primary N) is 1. The number of alkyl carbamates (subject to hydrolysis) is 1. The van der Waals surface area contributed by atoms with E-state index in [-0.39, 0.29) is 33.2 Å². The third-order valence-electron chi connectivity index (χ3n) is 7.20. The smallest absolute Gasteiger partial charge is 0.406 e. The highest BCUT2D eigenvalue weighted by Gasteiger charge is 2.53. The lowest BCUT2D eigenvalue weighted by atomic mass is 10.0. The Kier molecular flexibility index (Phi) is 9.87. The number of aliphatic carboxylic acids is 2. The molecular weight excluding hydrogens is 680 g/mol. The maximum atomic E-state index is 13.3. The van der Waals surface area contributed by atoms with Gasteiger partial charge >= 0.3 is 12.1 Å². The summed E-state index contributed by atoms with van der Waals surface area (Å²) in [5.41, 5.74) is 6.75. The van der Waals surface area contributed by atoms with Crippen molar-refractivity contribution in [3.05, 3.63) is 51.9 Å². The molecule has 5 heterocycles. The van der Waals surface area contributed by atoms with Gasteiger partial charge in [0.25, 0.3) is 11.8 Å². The van der Waals surface area contributed by atoms with E-state index >= 15 is 0 Å². The molecule has 0 spiro atoms. The minimum absolute atomic E-state index is 0.00230. The molecule has 3 atom stereocenters. The number of carbonyl (C=O) groups excluding carboxylic acids is 4. The van der Waals surface area contributed by atoms with Crippen LogP contribution in [0.4, 0.5) is 9.93 Å². The predicted molar refractivity (Wildman–Crippen MR) is 166 cm³/mol. The maximum Gasteiger partial charge on any atom is 0.406 e. The van der Waals surface area contributed by atoms with Gasteiger partial charge in [0.1, 0.15) is 27.0 Å². The van der Waals surface area contributed by atoms with E-state index in [0.29, 0.717) is 18.7 Å². The molecule has 2 aliphatic heterocycles. The Morgan fingerprint density at radius 1 is 1.34 bits per heavy atom. The number of β-lactam (4-membered cyclic amide) rings is 1. The number of nitrogens with zero attached hydrogens (tertiary/aromatic N) is 5. The van der Waals surface area contributed by atoms with Crippen molar-refractivity contribution >= 4 is 86.4 Å². The van der Waals surface area contributed by atoms with Crippen LogP contribution < -0.4 is 26.0 Å². The van der Waals surface area contributed by atoms with Gasteiger partial charge in [-0.05, 0) is 13.0 Å². The van der Waals surface area contributed by atoms with Crippen molar-refractivity contribution in [3.8, 4) is 0 Å². The number of methoxy groups -OCH3 is 1. The maximum absolute atomic E-state index is 13.3. The SMILES string of the molecule is COC(=O)NCCn1ccc2c1ccc[n+]2CC1=C(C(=O)[O-])N2C(=O)[C@@H](NC(=O)/C(=N\O[C@@H](C)C(=O)O)c3nc(N)sc3Cl)[C@H]2SC1. The van der Waals surface area contributed by atoms with Crippen LogP contribution in [0.3, 0.4) is 0 Å². The number of ether oxygens (including phenoxy) is 1. The molecule has 17 nitrogen and oxygen atoms in total. The van der Waals surface area contributed by atoms with Crippen molar-refractivity contribution in [2.24, 2.45) is 5.16 Å². The monoisotopic (exact) mass is 706 g/mol. The molecule has 3 aromatic heterocycles. The third-order valence-corrected chi connectivity index (χ3v) is 9.62. The molecule has 0 bridgehead atoms. The van der Waals surface area contributed by atoms with Crippen LogP contribution in [0.15, 0.2) is 47.0 Å². The van der Waals surface area contributed by atoms with E-state index in [0.717, 1.165) is 27.3 Å². The summed E-state index contributed by atoms with van der Waals surface area (Å²) in [7, 11) is 1.28. The van der Waals surface area contributed by atoms with Gasteiger partial charge in [0.05, 0.1) is 18.8 Å². The first kappa shape index (κ1) is 33.5. The number of nitrogens with one attached hydrogen (secondary N) is 2. The first-order valence-electron chi connectivity index (χ1n) is 13.8. The molecule has 5 rings (SSSR count). The Balaban J connectivity index is 1.35. The van der Waals surface area contributed by atoms with Gasteiger partial charge in [-0.1, -0.05) is 28.1 Å². The Morgan fingerprint density at radius 2 is 2.11 bits per heavy atom. The third kappa shape index (κ3) is 6.81. The summed E-state index contributed by atoms with van der Waals surface area (Å²) < 4.78 is 8.33. The predicted octanol–water partition coefficient (Wildman–Crippen LogP) is -0.725. The molecule has 3 aromatic rings. The zero-order valence-corrected chi connectivity index (χ0v) is 27.1. The average molecular weight is 707 g/mol. The number of pyridine rings is 1. The number of hydrogen-bond donors (Lipinski definition) is 4. The molecule has 0 saturated carbocycles. The molecule has 0 aromatic carbocycles. The van der Waals surface area contributed by atoms with Crippen LogP contribution >= 0.6 is 34.7 Å². The number of fused-ring (bicyclic) bond motifs is 2. The minimum atomic E-state index is -1.55. The molecular formula is C27H27ClN8O9S2. The summed E-state index contributed by atoms with van der Waals surface area (Å²) in [6.45, 7) is 2.10. The molecule has 1 saturated heterocycles. The fraction of sp³-hybridized carbons (Fsp3) is 0.333. The minimum Gasteiger partial charge on any atom is -0.543 e. The number of nitrogen functional groups attached to an aromatic ring is 1. The second-order valence-corrected chi connectivity index (χ2v) is 12.9. The Labute approximate surface area is 278 Å². The number of anilines is 1. The normalized spacial score (nSPS) is 18.3. The number of hydrogen-bond acceptors (Lipinski definition) is 13. The molecule has 248 valence electrons. The molecule has 20 heteroatoms. The first-order chi connectivity index (χ1) is 22.4. The van der Waals surface area contributed by atoms with Gasteiger partial charge in [-0.15, -0.1) is 11.8 Å². The quantitative estimate of drug-likeness (QED) is 0.0790. The molecule has 5 N–H and O–H groups in total. The second-order valence-electron chi connectivity index (χ2n) is 10.1. The number of thiazole rings is 1. The zero-order chi connectivity index (χ0) is 34.0. The van der Waals surface area contributed by atoms with E-state index in [1.165, 1.54) is 25.8 Å². The van der Waals surface area contributed by atoms with Gasteiger partial charge in [-0.2, -0.15) is 4.57 Å². The summed E-state index contributed by atoms with van der Waals surface area (Å²) in [6, 6.07) is 4.37. The number of carboxylic acids is 2. The molecule has 0 radical (unpaired) electrons. The van der Waals surface area contributed by atoms with E-state index in [2.05, 4.69) is 25.5 Å². The van der Waals surface area contributed by atoms with Crippen LogP contribution in [0, 0.1) is 0 Å². The summed E-state index contributed by atoms with van der Waals surface area (Å²) in [5, 5.41) is 29.5. The van der Waals surface area contributed by atoms with Gasteiger partial charge in [0.2, 0.25) is 11.6 Å². The average Bonchev–Trinajstić information content (AvgIpc) is 3.61. The van der Waals surface area contributed by atoms with E-state index < -0.39 is 53.1 Å². The van der Waals surface area contributed by atoms with Crippen LogP contribution in [0.1, 0.15) is 12.6 Å². The number of carbonyl (C=O) groups is 5. The molecule has 47 heavy (non-hydrogen) atoms. The number of halogens is 1. The fourth-order valence-corrected chi connectivity index (χ4v) is 7.20. The van der Waals surface area contributed by atoms with Gasteiger partial charge in [-0.3, -0.25) is 14.5 Å². The van der Waals surface area contributed by atoms with Gasteiger partial charge in [0.15, 0.2) is 23.6 Å². The van der Waals surface area contributed by atoms with Crippen LogP contribution in [0.25, 0.3) is 11.0 Å². The van der Waals surface area contributed by atoms with Crippen LogP contribution in [-0.2, 0) is 41.8 Å². The highest BCUT2D eigenvalue weighted by Crippen LogP contribution is 2.40. The van der Waals surface area contributed by atoms with Crippen molar-refractivity contribution < 1.29 is 48.3 Å². The highest BCUT2D eigenvalue weighted by atomic mass is 35.5. The molecule has 2 aliphatic rings. The topological polar surface area (TPSA) is 234 Å². The number of carboxylic acid groups (broad SMARTS) is 2. The Bertz CT molecular complexity index is 1840. The number of amides is 3. The van der Waals surface area contributed by atoms with E-state index in [1.807, 2.05) is 27.5 Å². The van der Waals surface area contributed by atoms with E-state index in [4.69, 9.17) is 27.3 Å². The van der Waals surface area contributed by atoms with Crippen molar-refractivity contribution in [2.75, 3.05) is 25.1 Å². The summed E-state index contributed by atoms with van der Waals surface area (Å²) in [5.74, 6) is -4.37. The highest BCUT2D eigenvalue weighted by molar-refractivity contribution is 8.00. The second kappa shape index (κ2) is 13.9. The molecule has 3 amide bonds. The number of rotatable bonds is 12. The van der Waals surface area contributed by atoms with Crippen molar-refractivity contribution in [3.63, 3.8) is 0 Å². The lowest BCUT2D eigenvalue weighted by Gasteiger charge is -2.50. The van der Waals surface area contributed by atoms with Crippen LogP contribution in [0.2, 0.25) is 4.34 Å².